The third kappa shape index (κ3) is 2.05. The van der Waals surface area contributed by atoms with Crippen molar-refractivity contribution in [1.82, 2.24) is 5.32 Å². The predicted molar refractivity (Wildman–Crippen MR) is 64.9 cm³/mol. The van der Waals surface area contributed by atoms with Gasteiger partial charge in [0, 0.05) is 17.4 Å². The number of rotatable bonds is 4. The molecule has 106 valence electrons. The maximum absolute atomic E-state index is 13.6. The lowest BCUT2D eigenvalue weighted by Gasteiger charge is -2.12. The van der Waals surface area contributed by atoms with E-state index in [0.717, 1.165) is 12.1 Å². The lowest BCUT2D eigenvalue weighted by atomic mass is 10.1. The van der Waals surface area contributed by atoms with Crippen molar-refractivity contribution >= 4 is 11.9 Å². The van der Waals surface area contributed by atoms with E-state index in [1.807, 2.05) is 0 Å². The van der Waals surface area contributed by atoms with Gasteiger partial charge in [0.2, 0.25) is 5.91 Å². The second-order valence-corrected chi connectivity index (χ2v) is 5.46. The summed E-state index contributed by atoms with van der Waals surface area (Å²) in [7, 11) is 0. The van der Waals surface area contributed by atoms with Crippen molar-refractivity contribution in [2.24, 2.45) is 5.92 Å². The highest BCUT2D eigenvalue weighted by Gasteiger charge is 2.55. The summed E-state index contributed by atoms with van der Waals surface area (Å²) in [6, 6.07) is 3.59. The number of hydrogen-bond acceptors (Lipinski definition) is 2. The van der Waals surface area contributed by atoms with Gasteiger partial charge in [-0.15, -0.1) is 0 Å². The molecule has 0 saturated heterocycles. The molecule has 4 nitrogen and oxygen atoms in total. The third-order valence-electron chi connectivity index (χ3n) is 4.02. The maximum Gasteiger partial charge on any atom is 0.329 e. The Bertz CT molecular complexity index is 578. The second kappa shape index (κ2) is 4.26. The summed E-state index contributed by atoms with van der Waals surface area (Å²) in [5.41, 5.74) is -1.23. The third-order valence-corrected chi connectivity index (χ3v) is 4.02. The molecule has 1 aromatic carbocycles. The molecule has 20 heavy (non-hydrogen) atoms. The van der Waals surface area contributed by atoms with Gasteiger partial charge >= 0.3 is 5.97 Å². The quantitative estimate of drug-likeness (QED) is 0.884. The van der Waals surface area contributed by atoms with Crippen molar-refractivity contribution < 1.29 is 23.5 Å². The number of carbonyl (C=O) groups excluding carboxylic acids is 1. The van der Waals surface area contributed by atoms with Crippen LogP contribution in [0.4, 0.5) is 8.78 Å². The molecule has 0 heterocycles. The molecule has 2 saturated carbocycles. The summed E-state index contributed by atoms with van der Waals surface area (Å²) in [5, 5.41) is 11.5. The SMILES string of the molecule is O=C(NC1(C(=O)O)CC1)C1CC1c1c(F)cccc1F. The Morgan fingerprint density at radius 1 is 1.25 bits per heavy atom. The fraction of sp³-hybridized carbons (Fsp3) is 0.429. The number of carboxylic acid groups (broad SMARTS) is 1. The molecule has 2 unspecified atom stereocenters. The van der Waals surface area contributed by atoms with E-state index >= 15 is 0 Å². The number of halogens is 2. The van der Waals surface area contributed by atoms with E-state index in [2.05, 4.69) is 5.32 Å². The lowest BCUT2D eigenvalue weighted by molar-refractivity contribution is -0.143. The van der Waals surface area contributed by atoms with Gasteiger partial charge in [-0.25, -0.2) is 13.6 Å². The molecule has 2 aliphatic carbocycles. The average molecular weight is 281 g/mol. The van der Waals surface area contributed by atoms with Crippen LogP contribution in [0, 0.1) is 17.6 Å². The summed E-state index contributed by atoms with van der Waals surface area (Å²) >= 11 is 0. The molecular formula is C14H13F2NO3. The van der Waals surface area contributed by atoms with Crippen LogP contribution in [0.5, 0.6) is 0 Å². The minimum absolute atomic E-state index is 0.0761. The van der Waals surface area contributed by atoms with Crippen LogP contribution >= 0.6 is 0 Å². The normalized spacial score (nSPS) is 25.9. The summed E-state index contributed by atoms with van der Waals surface area (Å²) < 4.78 is 27.2. The van der Waals surface area contributed by atoms with Crippen molar-refractivity contribution in [1.29, 1.82) is 0 Å². The maximum atomic E-state index is 13.6. The fourth-order valence-corrected chi connectivity index (χ4v) is 2.51. The van der Waals surface area contributed by atoms with E-state index in [9.17, 15) is 18.4 Å². The first-order chi connectivity index (χ1) is 9.44. The van der Waals surface area contributed by atoms with Crippen molar-refractivity contribution in [3.63, 3.8) is 0 Å². The minimum Gasteiger partial charge on any atom is -0.480 e. The molecular weight excluding hydrogens is 268 g/mol. The minimum atomic E-state index is -1.15. The molecule has 1 amide bonds. The van der Waals surface area contributed by atoms with Crippen molar-refractivity contribution in [2.45, 2.75) is 30.7 Å². The van der Waals surface area contributed by atoms with Gasteiger partial charge in [0.1, 0.15) is 17.2 Å². The summed E-state index contributed by atoms with van der Waals surface area (Å²) in [6.07, 6.45) is 1.15. The Morgan fingerprint density at radius 3 is 2.35 bits per heavy atom. The number of hydrogen-bond donors (Lipinski definition) is 2. The molecule has 2 N–H and O–H groups in total. The highest BCUT2D eigenvalue weighted by atomic mass is 19.1. The van der Waals surface area contributed by atoms with Crippen LogP contribution in [-0.4, -0.2) is 22.5 Å². The van der Waals surface area contributed by atoms with Gasteiger partial charge in [-0.1, -0.05) is 6.07 Å². The zero-order chi connectivity index (χ0) is 14.5. The van der Waals surface area contributed by atoms with Crippen LogP contribution in [0.3, 0.4) is 0 Å². The van der Waals surface area contributed by atoms with Gasteiger partial charge in [-0.05, 0) is 31.4 Å². The summed E-state index contributed by atoms with van der Waals surface area (Å²) in [4.78, 5) is 22.9. The average Bonchev–Trinajstić information content (AvgIpc) is 3.22. The van der Waals surface area contributed by atoms with Crippen molar-refractivity contribution in [3.05, 3.63) is 35.4 Å². The Kier molecular flexibility index (Phi) is 2.77. The molecule has 0 aromatic heterocycles. The molecule has 2 fully saturated rings. The molecule has 0 bridgehead atoms. The van der Waals surface area contributed by atoms with Crippen LogP contribution in [0.2, 0.25) is 0 Å². The van der Waals surface area contributed by atoms with E-state index in [1.165, 1.54) is 6.07 Å². The molecule has 6 heteroatoms. The smallest absolute Gasteiger partial charge is 0.329 e. The second-order valence-electron chi connectivity index (χ2n) is 5.46. The summed E-state index contributed by atoms with van der Waals surface area (Å²) in [6.45, 7) is 0. The molecule has 2 aliphatic rings. The molecule has 1 aromatic rings. The highest BCUT2D eigenvalue weighted by molar-refractivity contribution is 5.92. The number of carbonyl (C=O) groups is 2. The van der Waals surface area contributed by atoms with Crippen LogP contribution in [0.25, 0.3) is 0 Å². The van der Waals surface area contributed by atoms with Gasteiger partial charge < -0.3 is 10.4 Å². The Labute approximate surface area is 113 Å². The van der Waals surface area contributed by atoms with E-state index in [-0.39, 0.29) is 5.56 Å². The zero-order valence-electron chi connectivity index (χ0n) is 10.5. The first-order valence-electron chi connectivity index (χ1n) is 6.44. The molecule has 3 rings (SSSR count). The summed E-state index contributed by atoms with van der Waals surface area (Å²) in [5.74, 6) is -3.86. The van der Waals surface area contributed by atoms with Crippen molar-refractivity contribution in [3.8, 4) is 0 Å². The van der Waals surface area contributed by atoms with Crippen LogP contribution < -0.4 is 5.32 Å². The van der Waals surface area contributed by atoms with Gasteiger partial charge in [0.05, 0.1) is 0 Å². The number of nitrogens with one attached hydrogen (secondary N) is 1. The van der Waals surface area contributed by atoms with E-state index in [0.29, 0.717) is 19.3 Å². The number of carboxylic acids is 1. The first-order valence-corrected chi connectivity index (χ1v) is 6.44. The van der Waals surface area contributed by atoms with Crippen LogP contribution in [0.1, 0.15) is 30.7 Å². The van der Waals surface area contributed by atoms with Gasteiger partial charge in [-0.3, -0.25) is 4.79 Å². The van der Waals surface area contributed by atoms with E-state index in [4.69, 9.17) is 5.11 Å². The Hall–Kier alpha value is -1.98. The standard InChI is InChI=1S/C14H13F2NO3/c15-9-2-1-3-10(16)11(9)7-6-8(7)12(18)17-14(4-5-14)13(19)20/h1-3,7-8H,4-6H2,(H,17,18)(H,19,20). The zero-order valence-corrected chi connectivity index (χ0v) is 10.5. The predicted octanol–water partition coefficient (Wildman–Crippen LogP) is 1.80. The molecule has 0 aliphatic heterocycles. The fourth-order valence-electron chi connectivity index (χ4n) is 2.51. The van der Waals surface area contributed by atoms with Gasteiger partial charge in [0.25, 0.3) is 0 Å². The molecule has 2 atom stereocenters. The van der Waals surface area contributed by atoms with Gasteiger partial charge in [0.15, 0.2) is 0 Å². The van der Waals surface area contributed by atoms with E-state index < -0.39 is 40.9 Å². The highest BCUT2D eigenvalue weighted by Crippen LogP contribution is 2.50. The van der Waals surface area contributed by atoms with Gasteiger partial charge in [-0.2, -0.15) is 0 Å². The monoisotopic (exact) mass is 281 g/mol. The largest absolute Gasteiger partial charge is 0.480 e. The van der Waals surface area contributed by atoms with E-state index in [1.54, 1.807) is 0 Å². The van der Waals surface area contributed by atoms with Crippen LogP contribution in [0.15, 0.2) is 18.2 Å². The topological polar surface area (TPSA) is 66.4 Å². The Balaban J connectivity index is 1.70. The molecule has 0 radical (unpaired) electrons. The number of amides is 1. The molecule has 0 spiro atoms. The lowest BCUT2D eigenvalue weighted by Crippen LogP contribution is -2.43. The number of aliphatic carboxylic acids is 1. The van der Waals surface area contributed by atoms with Crippen LogP contribution in [-0.2, 0) is 9.59 Å². The van der Waals surface area contributed by atoms with Crippen molar-refractivity contribution in [2.75, 3.05) is 0 Å². The number of benzene rings is 1. The first kappa shape index (κ1) is 13.0. The Morgan fingerprint density at radius 2 is 1.85 bits per heavy atom.